The van der Waals surface area contributed by atoms with E-state index in [2.05, 4.69) is 22.1 Å². The summed E-state index contributed by atoms with van der Waals surface area (Å²) in [4.78, 5) is 2.42. The van der Waals surface area contributed by atoms with Gasteiger partial charge in [0.2, 0.25) is 0 Å². The molecule has 1 saturated heterocycles. The number of morpholine rings is 1. The predicted octanol–water partition coefficient (Wildman–Crippen LogP) is 0.0889. The van der Waals surface area contributed by atoms with Gasteiger partial charge in [0.1, 0.15) is 0 Å². The topological polar surface area (TPSA) is 45.8 Å². The Morgan fingerprint density at radius 2 is 2.32 bits per heavy atom. The molecule has 0 radical (unpaired) electrons. The molecule has 5 heteroatoms. The summed E-state index contributed by atoms with van der Waals surface area (Å²) in [7, 11) is 1.94. The number of hydrogen-bond acceptors (Lipinski definition) is 5. The summed E-state index contributed by atoms with van der Waals surface area (Å²) < 4.78 is 11.3. The molecule has 19 heavy (non-hydrogen) atoms. The van der Waals surface area contributed by atoms with Gasteiger partial charge >= 0.3 is 0 Å². The lowest BCUT2D eigenvalue weighted by molar-refractivity contribution is -0.0345. The maximum absolute atomic E-state index is 5.75. The van der Waals surface area contributed by atoms with Crippen molar-refractivity contribution in [1.29, 1.82) is 0 Å². The Labute approximate surface area is 117 Å². The van der Waals surface area contributed by atoms with E-state index >= 15 is 0 Å². The van der Waals surface area contributed by atoms with Gasteiger partial charge in [0.25, 0.3) is 0 Å². The fourth-order valence-electron chi connectivity index (χ4n) is 2.04. The van der Waals surface area contributed by atoms with Gasteiger partial charge < -0.3 is 20.1 Å². The normalized spacial score (nSPS) is 20.6. The second kappa shape index (κ2) is 11.4. The molecule has 0 bridgehead atoms. The summed E-state index contributed by atoms with van der Waals surface area (Å²) in [5, 5.41) is 6.47. The Bertz CT molecular complexity index is 227. The van der Waals surface area contributed by atoms with Crippen molar-refractivity contribution in [1.82, 2.24) is 15.5 Å². The number of rotatable bonds is 11. The minimum absolute atomic E-state index is 0.302. The molecule has 0 saturated carbocycles. The van der Waals surface area contributed by atoms with Crippen molar-refractivity contribution in [3.63, 3.8) is 0 Å². The Morgan fingerprint density at radius 3 is 3.11 bits per heavy atom. The summed E-state index contributed by atoms with van der Waals surface area (Å²) >= 11 is 0. The quantitative estimate of drug-likeness (QED) is 0.412. The molecule has 112 valence electrons. The molecule has 0 aliphatic carbocycles. The van der Waals surface area contributed by atoms with Crippen LogP contribution in [0.3, 0.4) is 0 Å². The lowest BCUT2D eigenvalue weighted by Crippen LogP contribution is -2.47. The minimum atomic E-state index is 0.302. The highest BCUT2D eigenvalue weighted by Gasteiger charge is 2.19. The maximum atomic E-state index is 5.75. The van der Waals surface area contributed by atoms with Crippen molar-refractivity contribution in [2.45, 2.75) is 12.5 Å². The molecule has 1 unspecified atom stereocenters. The van der Waals surface area contributed by atoms with Crippen LogP contribution >= 0.6 is 0 Å². The summed E-state index contributed by atoms with van der Waals surface area (Å²) in [5.74, 6) is 0. The van der Waals surface area contributed by atoms with E-state index in [1.54, 1.807) is 0 Å². The van der Waals surface area contributed by atoms with Crippen LogP contribution < -0.4 is 10.6 Å². The zero-order valence-corrected chi connectivity index (χ0v) is 12.2. The van der Waals surface area contributed by atoms with E-state index in [-0.39, 0.29) is 0 Å². The Hall–Kier alpha value is -0.460. The molecular weight excluding hydrogens is 242 g/mol. The van der Waals surface area contributed by atoms with Crippen molar-refractivity contribution >= 4 is 0 Å². The summed E-state index contributed by atoms with van der Waals surface area (Å²) in [6, 6.07) is 0. The molecule has 1 aliphatic rings. The predicted molar refractivity (Wildman–Crippen MR) is 78.6 cm³/mol. The average Bonchev–Trinajstić information content (AvgIpc) is 2.44. The Balaban J connectivity index is 2.03. The molecular formula is C14H29N3O2. The van der Waals surface area contributed by atoms with Gasteiger partial charge in [-0.05, 0) is 20.0 Å². The first-order valence-electron chi connectivity index (χ1n) is 7.24. The van der Waals surface area contributed by atoms with E-state index in [9.17, 15) is 0 Å². The molecule has 1 aliphatic heterocycles. The van der Waals surface area contributed by atoms with Gasteiger partial charge in [-0.3, -0.25) is 4.90 Å². The van der Waals surface area contributed by atoms with Gasteiger partial charge in [-0.15, -0.1) is 6.58 Å². The standard InChI is InChI=1S/C14H29N3O2/c1-3-4-5-16-12-14-13-17(8-11-19-14)7-10-18-9-6-15-2/h3,14-16H,1,4-13H2,2H3. The first-order chi connectivity index (χ1) is 9.36. The Kier molecular flexibility index (Phi) is 9.93. The van der Waals surface area contributed by atoms with Crippen LogP contribution in [0.2, 0.25) is 0 Å². The van der Waals surface area contributed by atoms with E-state index < -0.39 is 0 Å². The van der Waals surface area contributed by atoms with E-state index in [1.165, 1.54) is 0 Å². The summed E-state index contributed by atoms with van der Waals surface area (Å²) in [6.07, 6.45) is 3.25. The number of nitrogens with one attached hydrogen (secondary N) is 2. The monoisotopic (exact) mass is 271 g/mol. The number of likely N-dealkylation sites (N-methyl/N-ethyl adjacent to an activating group) is 1. The number of hydrogen-bond donors (Lipinski definition) is 2. The minimum Gasteiger partial charge on any atom is -0.379 e. The van der Waals surface area contributed by atoms with Crippen LogP contribution in [0.1, 0.15) is 6.42 Å². The van der Waals surface area contributed by atoms with Crippen molar-refractivity contribution in [2.24, 2.45) is 0 Å². The van der Waals surface area contributed by atoms with Crippen LogP contribution in [0.4, 0.5) is 0 Å². The van der Waals surface area contributed by atoms with E-state index in [1.807, 2.05) is 13.1 Å². The zero-order valence-electron chi connectivity index (χ0n) is 12.2. The van der Waals surface area contributed by atoms with Gasteiger partial charge in [-0.1, -0.05) is 6.08 Å². The molecule has 2 N–H and O–H groups in total. The van der Waals surface area contributed by atoms with Crippen LogP contribution in [-0.2, 0) is 9.47 Å². The SMILES string of the molecule is C=CCCNCC1CN(CCOCCNC)CCO1. The van der Waals surface area contributed by atoms with Crippen molar-refractivity contribution in [3.8, 4) is 0 Å². The third-order valence-corrected chi connectivity index (χ3v) is 3.17. The first-order valence-corrected chi connectivity index (χ1v) is 7.24. The fourth-order valence-corrected chi connectivity index (χ4v) is 2.04. The van der Waals surface area contributed by atoms with E-state index in [4.69, 9.17) is 9.47 Å². The summed E-state index contributed by atoms with van der Waals surface area (Å²) in [5.41, 5.74) is 0. The van der Waals surface area contributed by atoms with Gasteiger partial charge in [0.05, 0.1) is 25.9 Å². The maximum Gasteiger partial charge on any atom is 0.0826 e. The average molecular weight is 271 g/mol. The number of ether oxygens (including phenoxy) is 2. The van der Waals surface area contributed by atoms with Crippen LogP contribution in [0.5, 0.6) is 0 Å². The highest BCUT2D eigenvalue weighted by molar-refractivity contribution is 4.74. The van der Waals surface area contributed by atoms with Crippen LogP contribution in [-0.4, -0.2) is 77.1 Å². The van der Waals surface area contributed by atoms with E-state index in [0.717, 1.165) is 65.5 Å². The Morgan fingerprint density at radius 1 is 1.42 bits per heavy atom. The first kappa shape index (κ1) is 16.6. The highest BCUT2D eigenvalue weighted by atomic mass is 16.5. The molecule has 5 nitrogen and oxygen atoms in total. The molecule has 0 aromatic rings. The van der Waals surface area contributed by atoms with Crippen LogP contribution in [0.15, 0.2) is 12.7 Å². The third kappa shape index (κ3) is 8.34. The van der Waals surface area contributed by atoms with Gasteiger partial charge in [-0.25, -0.2) is 0 Å². The van der Waals surface area contributed by atoms with E-state index in [0.29, 0.717) is 6.10 Å². The molecule has 0 aromatic heterocycles. The van der Waals surface area contributed by atoms with Gasteiger partial charge in [0.15, 0.2) is 0 Å². The van der Waals surface area contributed by atoms with Crippen molar-refractivity contribution in [3.05, 3.63) is 12.7 Å². The second-order valence-corrected chi connectivity index (χ2v) is 4.79. The molecule has 1 atom stereocenters. The van der Waals surface area contributed by atoms with Crippen LogP contribution in [0, 0.1) is 0 Å². The second-order valence-electron chi connectivity index (χ2n) is 4.79. The molecule has 1 heterocycles. The molecule has 0 aromatic carbocycles. The third-order valence-electron chi connectivity index (χ3n) is 3.17. The van der Waals surface area contributed by atoms with Gasteiger partial charge in [-0.2, -0.15) is 0 Å². The van der Waals surface area contributed by atoms with Crippen molar-refractivity contribution in [2.75, 3.05) is 66.1 Å². The molecule has 0 spiro atoms. The highest BCUT2D eigenvalue weighted by Crippen LogP contribution is 2.04. The molecule has 1 fully saturated rings. The van der Waals surface area contributed by atoms with Crippen LogP contribution in [0.25, 0.3) is 0 Å². The fraction of sp³-hybridized carbons (Fsp3) is 0.857. The summed E-state index contributed by atoms with van der Waals surface area (Å²) in [6.45, 7) is 12.0. The number of nitrogens with zero attached hydrogens (tertiary/aromatic N) is 1. The zero-order chi connectivity index (χ0) is 13.8. The molecule has 1 rings (SSSR count). The molecule has 0 amide bonds. The lowest BCUT2D eigenvalue weighted by atomic mass is 10.2. The smallest absolute Gasteiger partial charge is 0.0826 e. The van der Waals surface area contributed by atoms with Crippen molar-refractivity contribution < 1.29 is 9.47 Å². The largest absolute Gasteiger partial charge is 0.379 e. The lowest BCUT2D eigenvalue weighted by Gasteiger charge is -2.33. The van der Waals surface area contributed by atoms with Gasteiger partial charge in [0, 0.05) is 32.7 Å².